The van der Waals surface area contributed by atoms with Crippen molar-refractivity contribution in [2.45, 2.75) is 32.7 Å². The first-order valence-corrected chi connectivity index (χ1v) is 25.5. The average Bonchev–Trinajstić information content (AvgIpc) is 4.12. The minimum Gasteiger partial charge on any atom is -0.466 e. The monoisotopic (exact) mass is 984 g/mol. The standard InChI is InChI=1S/C60H44N2O8S2/c1-67-55(63)51-53(57(65)69-3)61-31-29-37(33-49(61)59(51)45-17-9-5-13-41(45)42-14-6-10-18-46(42)59)35-21-25-39(26-22-35)71-72-40-27-23-36(24-28-40)38-30-32-62-50(34-38)60(52(56(64)68-2)54(62)58(66)70-4)47-19-11-7-15-43(47)44-16-8-12-20-48(44)60/h5-34,49-50H,1-4H3. The van der Waals surface area contributed by atoms with Gasteiger partial charge in [0.2, 0.25) is 0 Å². The summed E-state index contributed by atoms with van der Waals surface area (Å²) in [5.41, 5.74) is 10.3. The van der Waals surface area contributed by atoms with Crippen LogP contribution in [0.3, 0.4) is 0 Å². The average molecular weight is 985 g/mol. The van der Waals surface area contributed by atoms with Gasteiger partial charge in [-0.3, -0.25) is 0 Å². The Morgan fingerprint density at radius 2 is 0.722 bits per heavy atom. The number of benzene rings is 6. The largest absolute Gasteiger partial charge is 0.466 e. The highest BCUT2D eigenvalue weighted by Gasteiger charge is 2.64. The van der Waals surface area contributed by atoms with Gasteiger partial charge < -0.3 is 28.7 Å². The number of carbonyl (C=O) groups excluding carboxylic acids is 4. The maximum absolute atomic E-state index is 14.0. The zero-order chi connectivity index (χ0) is 49.5. The number of hydrogen-bond donors (Lipinski definition) is 0. The number of rotatable bonds is 9. The summed E-state index contributed by atoms with van der Waals surface area (Å²) in [4.78, 5) is 61.3. The molecule has 2 unspecified atom stereocenters. The molecule has 2 atom stereocenters. The van der Waals surface area contributed by atoms with Crippen LogP contribution < -0.4 is 0 Å². The molecule has 6 aromatic rings. The summed E-state index contributed by atoms with van der Waals surface area (Å²) < 4.78 is 21.6. The molecule has 0 radical (unpaired) electrons. The number of fused-ring (bicyclic) bond motifs is 14. The van der Waals surface area contributed by atoms with E-state index in [1.165, 1.54) is 28.4 Å². The second-order valence-electron chi connectivity index (χ2n) is 18.0. The van der Waals surface area contributed by atoms with Gasteiger partial charge in [0, 0.05) is 22.2 Å². The van der Waals surface area contributed by atoms with Crippen molar-refractivity contribution in [2.75, 3.05) is 28.4 Å². The van der Waals surface area contributed by atoms with E-state index in [1.807, 2.05) is 107 Å². The summed E-state index contributed by atoms with van der Waals surface area (Å²) in [7, 11) is 8.65. The van der Waals surface area contributed by atoms with Crippen molar-refractivity contribution in [2.24, 2.45) is 0 Å². The van der Waals surface area contributed by atoms with Crippen LogP contribution in [0.4, 0.5) is 0 Å². The topological polar surface area (TPSA) is 112 Å². The molecule has 0 aromatic heterocycles. The molecule has 4 heterocycles. The summed E-state index contributed by atoms with van der Waals surface area (Å²) in [6, 6.07) is 48.1. The van der Waals surface area contributed by atoms with Crippen LogP contribution in [0.5, 0.6) is 0 Å². The first kappa shape index (κ1) is 45.1. The molecular formula is C60H44N2O8S2. The van der Waals surface area contributed by atoms with Gasteiger partial charge in [-0.25, -0.2) is 19.2 Å². The molecule has 10 nitrogen and oxygen atoms in total. The van der Waals surface area contributed by atoms with Crippen LogP contribution in [-0.2, 0) is 49.0 Å². The molecule has 0 N–H and O–H groups in total. The number of methoxy groups -OCH3 is 4. The third-order valence-corrected chi connectivity index (χ3v) is 17.3. The first-order valence-electron chi connectivity index (χ1n) is 23.3. The maximum Gasteiger partial charge on any atom is 0.355 e. The first-order chi connectivity index (χ1) is 35.2. The number of hydrogen-bond acceptors (Lipinski definition) is 12. The Morgan fingerprint density at radius 3 is 1.03 bits per heavy atom. The molecule has 4 aliphatic heterocycles. The molecule has 354 valence electrons. The van der Waals surface area contributed by atoms with Gasteiger partial charge in [0.25, 0.3) is 0 Å². The van der Waals surface area contributed by atoms with Crippen molar-refractivity contribution < 1.29 is 38.1 Å². The highest BCUT2D eigenvalue weighted by Crippen LogP contribution is 2.63. The smallest absolute Gasteiger partial charge is 0.355 e. The SMILES string of the molecule is COC(=O)C1=C(C(=O)OC)C2(c3ccccc3-c3ccccc32)C2C=C(c3ccc(SSc4ccc(C5=CC6N(C=C5)C(C(=O)OC)=C(C(=O)OC)C65c6ccccc6-c6ccccc65)cc4)cc3)C=CN12. The molecule has 6 aliphatic rings. The van der Waals surface area contributed by atoms with Gasteiger partial charge in [0.1, 0.15) is 11.4 Å². The molecule has 2 spiro atoms. The Morgan fingerprint density at radius 1 is 0.417 bits per heavy atom. The van der Waals surface area contributed by atoms with Crippen LogP contribution in [0.1, 0.15) is 33.4 Å². The molecule has 2 aliphatic carbocycles. The van der Waals surface area contributed by atoms with E-state index in [0.717, 1.165) is 76.6 Å². The zero-order valence-electron chi connectivity index (χ0n) is 39.5. The molecule has 0 bridgehead atoms. The van der Waals surface area contributed by atoms with Gasteiger partial charge >= 0.3 is 23.9 Å². The summed E-state index contributed by atoms with van der Waals surface area (Å²) >= 11 is 0. The van der Waals surface area contributed by atoms with Crippen molar-refractivity contribution >= 4 is 56.6 Å². The molecule has 12 heteroatoms. The van der Waals surface area contributed by atoms with Crippen molar-refractivity contribution in [3.63, 3.8) is 0 Å². The van der Waals surface area contributed by atoms with Crippen molar-refractivity contribution in [1.82, 2.24) is 9.80 Å². The van der Waals surface area contributed by atoms with Crippen LogP contribution in [0.25, 0.3) is 33.4 Å². The molecule has 12 rings (SSSR count). The van der Waals surface area contributed by atoms with Crippen molar-refractivity contribution in [3.05, 3.63) is 238 Å². The predicted octanol–water partition coefficient (Wildman–Crippen LogP) is 10.8. The van der Waals surface area contributed by atoms with Gasteiger partial charge in [-0.15, -0.1) is 0 Å². The van der Waals surface area contributed by atoms with E-state index in [-0.39, 0.29) is 22.5 Å². The molecule has 0 saturated heterocycles. The van der Waals surface area contributed by atoms with Crippen LogP contribution >= 0.6 is 21.6 Å². The molecule has 0 fully saturated rings. The third kappa shape index (κ3) is 6.31. The fourth-order valence-electron chi connectivity index (χ4n) is 12.1. The highest BCUT2D eigenvalue weighted by molar-refractivity contribution is 8.76. The quantitative estimate of drug-likeness (QED) is 0.0781. The summed E-state index contributed by atoms with van der Waals surface area (Å²) in [5, 5.41) is 0. The van der Waals surface area contributed by atoms with Crippen molar-refractivity contribution in [1.29, 1.82) is 0 Å². The lowest BCUT2D eigenvalue weighted by Crippen LogP contribution is -2.44. The second kappa shape index (κ2) is 17.4. The van der Waals surface area contributed by atoms with Crippen LogP contribution in [0.2, 0.25) is 0 Å². The van der Waals surface area contributed by atoms with E-state index in [1.54, 1.807) is 21.6 Å². The maximum atomic E-state index is 14.0. The fraction of sp³-hybridized carbons (Fsp3) is 0.133. The molecule has 72 heavy (non-hydrogen) atoms. The Bertz CT molecular complexity index is 3210. The van der Waals surface area contributed by atoms with Crippen LogP contribution in [0, 0.1) is 0 Å². The molecule has 6 aromatic carbocycles. The summed E-state index contributed by atoms with van der Waals surface area (Å²) in [5.74, 6) is -2.40. The van der Waals surface area contributed by atoms with Gasteiger partial charge in [-0.1, -0.05) is 155 Å². The lowest BCUT2D eigenvalue weighted by Gasteiger charge is -2.38. The molecular weight excluding hydrogens is 941 g/mol. The Balaban J connectivity index is 0.821. The lowest BCUT2D eigenvalue weighted by molar-refractivity contribution is -0.140. The third-order valence-electron chi connectivity index (χ3n) is 14.9. The normalized spacial score (nSPS) is 18.7. The Hall–Kier alpha value is -8.06. The fourth-order valence-corrected chi connectivity index (χ4v) is 14.0. The predicted molar refractivity (Wildman–Crippen MR) is 278 cm³/mol. The summed E-state index contributed by atoms with van der Waals surface area (Å²) in [6.07, 6.45) is 12.0. The number of carbonyl (C=O) groups is 4. The molecule has 0 amide bonds. The van der Waals surface area contributed by atoms with Crippen LogP contribution in [-0.4, -0.2) is 74.2 Å². The number of allylic oxidation sites excluding steroid dienone is 4. The van der Waals surface area contributed by atoms with Crippen molar-refractivity contribution in [3.8, 4) is 22.3 Å². The van der Waals surface area contributed by atoms with E-state index in [9.17, 15) is 19.2 Å². The Kier molecular flexibility index (Phi) is 10.9. The van der Waals surface area contributed by atoms with E-state index in [4.69, 9.17) is 18.9 Å². The van der Waals surface area contributed by atoms with Crippen LogP contribution in [0.15, 0.2) is 215 Å². The van der Waals surface area contributed by atoms with Gasteiger partial charge in [0.15, 0.2) is 0 Å². The highest BCUT2D eigenvalue weighted by atomic mass is 33.1. The zero-order valence-corrected chi connectivity index (χ0v) is 41.1. The van der Waals surface area contributed by atoms with Gasteiger partial charge in [-0.2, -0.15) is 0 Å². The number of ether oxygens (including phenoxy) is 4. The van der Waals surface area contributed by atoms with Gasteiger partial charge in [0.05, 0.1) is 62.5 Å². The lowest BCUT2D eigenvalue weighted by atomic mass is 9.67. The van der Waals surface area contributed by atoms with Gasteiger partial charge in [-0.05, 0) is 103 Å². The number of nitrogens with zero attached hydrogens (tertiary/aromatic N) is 2. The van der Waals surface area contributed by atoms with E-state index >= 15 is 0 Å². The molecule has 0 saturated carbocycles. The minimum absolute atomic E-state index is 0.159. The van der Waals surface area contributed by atoms with E-state index < -0.39 is 46.8 Å². The second-order valence-corrected chi connectivity index (χ2v) is 20.3. The minimum atomic E-state index is -1.06. The number of esters is 4. The van der Waals surface area contributed by atoms with E-state index in [0.29, 0.717) is 0 Å². The Labute approximate surface area is 424 Å². The van der Waals surface area contributed by atoms with E-state index in [2.05, 4.69) is 84.9 Å². The summed E-state index contributed by atoms with van der Waals surface area (Å²) in [6.45, 7) is 0.